The Bertz CT molecular complexity index is 554. The van der Waals surface area contributed by atoms with E-state index >= 15 is 0 Å². The van der Waals surface area contributed by atoms with Crippen LogP contribution in [0, 0.1) is 0 Å². The van der Waals surface area contributed by atoms with Crippen LogP contribution >= 0.6 is 24.4 Å². The molecular weight excluding hydrogens is 332 g/mol. The predicted molar refractivity (Wildman–Crippen MR) is 98.4 cm³/mol. The summed E-state index contributed by atoms with van der Waals surface area (Å²) in [5, 5.41) is 7.22. The molecule has 0 saturated carbocycles. The van der Waals surface area contributed by atoms with Gasteiger partial charge >= 0.3 is 0 Å². The van der Waals surface area contributed by atoms with E-state index in [1.54, 1.807) is 0 Å². The van der Waals surface area contributed by atoms with Crippen molar-refractivity contribution in [1.82, 2.24) is 21.5 Å². The molecule has 0 fully saturated rings. The van der Waals surface area contributed by atoms with Crippen molar-refractivity contribution in [3.63, 3.8) is 0 Å². The Morgan fingerprint density at radius 2 is 1.78 bits per heavy atom. The van der Waals surface area contributed by atoms with Crippen molar-refractivity contribution >= 4 is 34.7 Å². The van der Waals surface area contributed by atoms with Gasteiger partial charge in [-0.15, -0.1) is 0 Å². The van der Waals surface area contributed by atoms with E-state index < -0.39 is 0 Å². The summed E-state index contributed by atoms with van der Waals surface area (Å²) >= 11 is 10.3. The monoisotopic (exact) mass is 354 g/mol. The number of hydrogen-bond acceptors (Lipinski definition) is 4. The molecule has 2 rings (SSSR count). The fourth-order valence-corrected chi connectivity index (χ4v) is 2.29. The zero-order valence-electron chi connectivity index (χ0n) is 13.1. The highest BCUT2D eigenvalue weighted by atomic mass is 32.1. The minimum Gasteiger partial charge on any atom is -0.454 e. The number of hydrazine groups is 1. The first-order valence-corrected chi connectivity index (χ1v) is 8.47. The first-order valence-electron chi connectivity index (χ1n) is 7.65. The van der Waals surface area contributed by atoms with Crippen molar-refractivity contribution in [3.05, 3.63) is 23.8 Å². The smallest absolute Gasteiger partial charge is 0.231 e. The molecule has 1 aromatic rings. The molecule has 6 nitrogen and oxygen atoms in total. The van der Waals surface area contributed by atoms with Crippen LogP contribution in [0.3, 0.4) is 0 Å². The normalized spacial score (nSPS) is 11.7. The molecule has 0 saturated heterocycles. The molecule has 1 aliphatic heterocycles. The topological polar surface area (TPSA) is 66.6 Å². The predicted octanol–water partition coefficient (Wildman–Crippen LogP) is 1.95. The lowest BCUT2D eigenvalue weighted by Gasteiger charge is -2.14. The minimum atomic E-state index is 0.277. The van der Waals surface area contributed by atoms with E-state index in [0.29, 0.717) is 16.8 Å². The summed E-state index contributed by atoms with van der Waals surface area (Å²) in [6.45, 7) is 3.89. The second kappa shape index (κ2) is 9.36. The molecule has 0 radical (unpaired) electrons. The highest BCUT2D eigenvalue weighted by Gasteiger charge is 2.13. The van der Waals surface area contributed by atoms with Gasteiger partial charge in [0.15, 0.2) is 21.7 Å². The number of benzene rings is 1. The zero-order chi connectivity index (χ0) is 16.5. The molecule has 8 heteroatoms. The van der Waals surface area contributed by atoms with Crippen molar-refractivity contribution in [2.45, 2.75) is 32.7 Å². The summed E-state index contributed by atoms with van der Waals surface area (Å²) in [7, 11) is 0. The maximum Gasteiger partial charge on any atom is 0.231 e. The lowest BCUT2D eigenvalue weighted by atomic mass is 10.2. The van der Waals surface area contributed by atoms with E-state index in [-0.39, 0.29) is 6.79 Å². The Balaban J connectivity index is 1.62. The van der Waals surface area contributed by atoms with Gasteiger partial charge in [-0.2, -0.15) is 0 Å². The number of thiocarbonyl (C=S) groups is 2. The SMILES string of the molecule is CCCCCNC(=S)NNC(=S)NCc1ccc2c(c1)OCO2. The van der Waals surface area contributed by atoms with Crippen molar-refractivity contribution in [3.8, 4) is 11.5 Å². The number of nitrogens with one attached hydrogen (secondary N) is 4. The quantitative estimate of drug-likeness (QED) is 0.351. The zero-order valence-corrected chi connectivity index (χ0v) is 14.7. The lowest BCUT2D eigenvalue weighted by Crippen LogP contribution is -2.50. The summed E-state index contributed by atoms with van der Waals surface area (Å²) in [6, 6.07) is 5.80. The van der Waals surface area contributed by atoms with Gasteiger partial charge in [0, 0.05) is 13.1 Å². The van der Waals surface area contributed by atoms with Crippen LogP contribution in [0.5, 0.6) is 11.5 Å². The second-order valence-electron chi connectivity index (χ2n) is 5.08. The first-order chi connectivity index (χ1) is 11.2. The number of ether oxygens (including phenoxy) is 2. The van der Waals surface area contributed by atoms with E-state index in [2.05, 4.69) is 28.4 Å². The highest BCUT2D eigenvalue weighted by Crippen LogP contribution is 2.32. The molecule has 0 unspecified atom stereocenters. The standard InChI is InChI=1S/C15H22N4O2S2/c1-2-3-4-7-16-14(22)18-19-15(23)17-9-11-5-6-12-13(8-11)21-10-20-12/h5-6,8H,2-4,7,9-10H2,1H3,(H2,16,18,22)(H2,17,19,23). The minimum absolute atomic E-state index is 0.277. The maximum atomic E-state index is 5.34. The Labute approximate surface area is 147 Å². The molecule has 0 spiro atoms. The summed E-state index contributed by atoms with van der Waals surface area (Å²) in [5.74, 6) is 1.54. The molecule has 0 aliphatic carbocycles. The molecule has 1 heterocycles. The molecule has 0 aromatic heterocycles. The van der Waals surface area contributed by atoms with Gasteiger partial charge in [0.1, 0.15) is 0 Å². The number of unbranched alkanes of at least 4 members (excludes halogenated alkanes) is 2. The number of rotatable bonds is 6. The maximum absolute atomic E-state index is 5.34. The van der Waals surface area contributed by atoms with Crippen LogP contribution in [0.1, 0.15) is 31.7 Å². The van der Waals surface area contributed by atoms with Crippen LogP contribution in [-0.4, -0.2) is 23.6 Å². The third-order valence-corrected chi connectivity index (χ3v) is 3.74. The Hall–Kier alpha value is -1.80. The Morgan fingerprint density at radius 1 is 1.04 bits per heavy atom. The van der Waals surface area contributed by atoms with Crippen LogP contribution in [0.2, 0.25) is 0 Å². The van der Waals surface area contributed by atoms with Crippen LogP contribution in [0.25, 0.3) is 0 Å². The number of hydrogen-bond donors (Lipinski definition) is 4. The number of fused-ring (bicyclic) bond motifs is 1. The molecule has 4 N–H and O–H groups in total. The largest absolute Gasteiger partial charge is 0.454 e. The van der Waals surface area contributed by atoms with Gasteiger partial charge in [0.2, 0.25) is 6.79 Å². The van der Waals surface area contributed by atoms with Crippen molar-refractivity contribution in [1.29, 1.82) is 0 Å². The molecule has 1 aromatic carbocycles. The molecule has 23 heavy (non-hydrogen) atoms. The van der Waals surface area contributed by atoms with Crippen molar-refractivity contribution in [2.75, 3.05) is 13.3 Å². The van der Waals surface area contributed by atoms with E-state index in [1.807, 2.05) is 18.2 Å². The van der Waals surface area contributed by atoms with Crippen LogP contribution < -0.4 is 31.0 Å². The van der Waals surface area contributed by atoms with Crippen molar-refractivity contribution < 1.29 is 9.47 Å². The van der Waals surface area contributed by atoms with Crippen LogP contribution in [0.15, 0.2) is 18.2 Å². The van der Waals surface area contributed by atoms with Gasteiger partial charge in [-0.05, 0) is 48.6 Å². The Kier molecular flexibility index (Phi) is 7.15. The highest BCUT2D eigenvalue weighted by molar-refractivity contribution is 7.80. The van der Waals surface area contributed by atoms with Gasteiger partial charge < -0.3 is 20.1 Å². The molecule has 126 valence electrons. The van der Waals surface area contributed by atoms with E-state index in [4.69, 9.17) is 33.9 Å². The van der Waals surface area contributed by atoms with Crippen LogP contribution in [-0.2, 0) is 6.54 Å². The summed E-state index contributed by atoms with van der Waals surface area (Å²) in [5.41, 5.74) is 6.77. The Morgan fingerprint density at radius 3 is 2.57 bits per heavy atom. The second-order valence-corrected chi connectivity index (χ2v) is 5.90. The molecule has 0 atom stereocenters. The fraction of sp³-hybridized carbons (Fsp3) is 0.467. The van der Waals surface area contributed by atoms with Crippen molar-refractivity contribution in [2.24, 2.45) is 0 Å². The van der Waals surface area contributed by atoms with Gasteiger partial charge in [0.25, 0.3) is 0 Å². The van der Waals surface area contributed by atoms with E-state index in [0.717, 1.165) is 30.0 Å². The summed E-state index contributed by atoms with van der Waals surface area (Å²) in [6.07, 6.45) is 3.48. The third kappa shape index (κ3) is 6.07. The van der Waals surface area contributed by atoms with Crippen LogP contribution in [0.4, 0.5) is 0 Å². The van der Waals surface area contributed by atoms with Gasteiger partial charge in [-0.25, -0.2) is 0 Å². The third-order valence-electron chi connectivity index (χ3n) is 3.25. The van der Waals surface area contributed by atoms with Gasteiger partial charge in [0.05, 0.1) is 0 Å². The molecule has 0 bridgehead atoms. The molecule has 0 amide bonds. The summed E-state index contributed by atoms with van der Waals surface area (Å²) < 4.78 is 10.6. The first kappa shape index (κ1) is 17.6. The fourth-order valence-electron chi connectivity index (χ4n) is 2.01. The summed E-state index contributed by atoms with van der Waals surface area (Å²) in [4.78, 5) is 0. The molecular formula is C15H22N4O2S2. The average molecular weight is 355 g/mol. The average Bonchev–Trinajstić information content (AvgIpc) is 3.02. The van der Waals surface area contributed by atoms with Gasteiger partial charge in [-0.3, -0.25) is 10.9 Å². The van der Waals surface area contributed by atoms with Gasteiger partial charge in [-0.1, -0.05) is 25.8 Å². The molecule has 1 aliphatic rings. The van der Waals surface area contributed by atoms with E-state index in [1.165, 1.54) is 12.8 Å². The lowest BCUT2D eigenvalue weighted by molar-refractivity contribution is 0.174. The van der Waals surface area contributed by atoms with E-state index in [9.17, 15) is 0 Å².